The molecule has 0 fully saturated rings. The van der Waals surface area contributed by atoms with Crippen LogP contribution < -0.4 is 5.32 Å². The molecule has 2 rings (SSSR count). The molecule has 0 aliphatic heterocycles. The van der Waals surface area contributed by atoms with Gasteiger partial charge in [-0.15, -0.1) is 0 Å². The van der Waals surface area contributed by atoms with E-state index in [0.29, 0.717) is 6.07 Å². The highest BCUT2D eigenvalue weighted by Gasteiger charge is 2.31. The number of rotatable bonds is 4. The molecule has 0 unspecified atom stereocenters. The zero-order valence-corrected chi connectivity index (χ0v) is 11.5. The summed E-state index contributed by atoms with van der Waals surface area (Å²) in [5.41, 5.74) is 1.23. The van der Waals surface area contributed by atoms with E-state index in [-0.39, 0.29) is 12.1 Å². The summed E-state index contributed by atoms with van der Waals surface area (Å²) < 4.78 is 51.1. The first-order chi connectivity index (χ1) is 9.88. The molecule has 0 aromatic heterocycles. The second-order valence-corrected chi connectivity index (χ2v) is 4.75. The third-order valence-corrected chi connectivity index (χ3v) is 3.14. The molecule has 0 saturated heterocycles. The smallest absolute Gasteiger partial charge is 0.381 e. The van der Waals surface area contributed by atoms with Crippen molar-refractivity contribution < 1.29 is 17.6 Å². The summed E-state index contributed by atoms with van der Waals surface area (Å²) in [5, 5.41) is 2.98. The topological polar surface area (TPSA) is 12.0 Å². The van der Waals surface area contributed by atoms with Crippen LogP contribution >= 0.6 is 0 Å². The molecule has 0 saturated carbocycles. The van der Waals surface area contributed by atoms with Gasteiger partial charge in [-0.2, -0.15) is 13.2 Å². The first kappa shape index (κ1) is 15.4. The molecule has 112 valence electrons. The fraction of sp³-hybridized carbons (Fsp3) is 0.250. The van der Waals surface area contributed by atoms with Gasteiger partial charge in [0.2, 0.25) is 0 Å². The second kappa shape index (κ2) is 6.16. The predicted octanol–water partition coefficient (Wildman–Crippen LogP) is 5.02. The lowest BCUT2D eigenvalue weighted by Gasteiger charge is -2.11. The SMILES string of the molecule is CCc1ccc(NCc2cc(F)cc(C(F)(F)F)c2)cc1. The summed E-state index contributed by atoms with van der Waals surface area (Å²) in [6.45, 7) is 2.17. The molecule has 21 heavy (non-hydrogen) atoms. The third-order valence-electron chi connectivity index (χ3n) is 3.14. The summed E-state index contributed by atoms with van der Waals surface area (Å²) >= 11 is 0. The van der Waals surface area contributed by atoms with Gasteiger partial charge in [-0.3, -0.25) is 0 Å². The van der Waals surface area contributed by atoms with Gasteiger partial charge in [-0.05, 0) is 47.9 Å². The van der Waals surface area contributed by atoms with Crippen molar-refractivity contribution in [3.63, 3.8) is 0 Å². The van der Waals surface area contributed by atoms with E-state index in [4.69, 9.17) is 0 Å². The van der Waals surface area contributed by atoms with Crippen molar-refractivity contribution in [1.29, 1.82) is 0 Å². The lowest BCUT2D eigenvalue weighted by molar-refractivity contribution is -0.137. The molecule has 0 aliphatic rings. The highest BCUT2D eigenvalue weighted by atomic mass is 19.4. The van der Waals surface area contributed by atoms with Crippen molar-refractivity contribution in [2.24, 2.45) is 0 Å². The zero-order valence-electron chi connectivity index (χ0n) is 11.5. The molecular weight excluding hydrogens is 282 g/mol. The van der Waals surface area contributed by atoms with Crippen LogP contribution in [0.25, 0.3) is 0 Å². The fourth-order valence-electron chi connectivity index (χ4n) is 1.98. The minimum atomic E-state index is -4.54. The van der Waals surface area contributed by atoms with Crippen molar-refractivity contribution in [2.45, 2.75) is 26.1 Å². The highest BCUT2D eigenvalue weighted by Crippen LogP contribution is 2.30. The molecule has 2 aromatic carbocycles. The molecule has 5 heteroatoms. The zero-order chi connectivity index (χ0) is 15.5. The van der Waals surface area contributed by atoms with E-state index in [0.717, 1.165) is 24.2 Å². The Morgan fingerprint density at radius 3 is 2.19 bits per heavy atom. The van der Waals surface area contributed by atoms with Crippen LogP contribution in [0, 0.1) is 5.82 Å². The van der Waals surface area contributed by atoms with Crippen LogP contribution in [0.3, 0.4) is 0 Å². The summed E-state index contributed by atoms with van der Waals surface area (Å²) in [7, 11) is 0. The first-order valence-electron chi connectivity index (χ1n) is 6.58. The summed E-state index contributed by atoms with van der Waals surface area (Å²) in [6.07, 6.45) is -3.63. The summed E-state index contributed by atoms with van der Waals surface area (Å²) in [6, 6.07) is 10.1. The number of aryl methyl sites for hydroxylation is 1. The average Bonchev–Trinajstić information content (AvgIpc) is 2.44. The van der Waals surface area contributed by atoms with E-state index < -0.39 is 17.6 Å². The molecular formula is C16H15F4N. The Kier molecular flexibility index (Phi) is 4.50. The van der Waals surface area contributed by atoms with Gasteiger partial charge in [0.05, 0.1) is 5.56 Å². The maximum Gasteiger partial charge on any atom is 0.416 e. The monoisotopic (exact) mass is 297 g/mol. The van der Waals surface area contributed by atoms with Crippen LogP contribution in [-0.2, 0) is 19.1 Å². The Bertz CT molecular complexity index is 603. The lowest BCUT2D eigenvalue weighted by Crippen LogP contribution is -2.08. The first-order valence-corrected chi connectivity index (χ1v) is 6.58. The number of anilines is 1. The van der Waals surface area contributed by atoms with E-state index >= 15 is 0 Å². The van der Waals surface area contributed by atoms with Gasteiger partial charge < -0.3 is 5.32 Å². The number of hydrogen-bond donors (Lipinski definition) is 1. The van der Waals surface area contributed by atoms with Crippen molar-refractivity contribution in [2.75, 3.05) is 5.32 Å². The molecule has 0 amide bonds. The van der Waals surface area contributed by atoms with Gasteiger partial charge in [0.1, 0.15) is 5.82 Å². The normalized spacial score (nSPS) is 11.5. The van der Waals surface area contributed by atoms with Crippen molar-refractivity contribution in [1.82, 2.24) is 0 Å². The predicted molar refractivity (Wildman–Crippen MR) is 74.5 cm³/mol. The Morgan fingerprint density at radius 2 is 1.62 bits per heavy atom. The van der Waals surface area contributed by atoms with Crippen LogP contribution in [0.4, 0.5) is 23.2 Å². The average molecular weight is 297 g/mol. The van der Waals surface area contributed by atoms with E-state index in [2.05, 4.69) is 5.32 Å². The van der Waals surface area contributed by atoms with Gasteiger partial charge in [0, 0.05) is 12.2 Å². The number of benzene rings is 2. The van der Waals surface area contributed by atoms with E-state index in [1.165, 1.54) is 5.56 Å². The number of nitrogens with one attached hydrogen (secondary N) is 1. The van der Waals surface area contributed by atoms with Gasteiger partial charge >= 0.3 is 6.18 Å². The van der Waals surface area contributed by atoms with Crippen molar-refractivity contribution in [3.8, 4) is 0 Å². The standard InChI is InChI=1S/C16H15F4N/c1-2-11-3-5-15(6-4-11)21-10-12-7-13(16(18,19)20)9-14(17)8-12/h3-9,21H,2,10H2,1H3. The number of halogens is 4. The quantitative estimate of drug-likeness (QED) is 0.781. The number of hydrogen-bond acceptors (Lipinski definition) is 1. The van der Waals surface area contributed by atoms with Gasteiger partial charge in [-0.1, -0.05) is 19.1 Å². The Labute approximate surface area is 120 Å². The van der Waals surface area contributed by atoms with Crippen LogP contribution in [0.2, 0.25) is 0 Å². The molecule has 1 nitrogen and oxygen atoms in total. The van der Waals surface area contributed by atoms with Crippen LogP contribution in [0.1, 0.15) is 23.6 Å². The molecule has 0 atom stereocenters. The summed E-state index contributed by atoms with van der Waals surface area (Å²) in [4.78, 5) is 0. The van der Waals surface area contributed by atoms with Crippen LogP contribution in [0.15, 0.2) is 42.5 Å². The van der Waals surface area contributed by atoms with Crippen molar-refractivity contribution >= 4 is 5.69 Å². The fourth-order valence-corrected chi connectivity index (χ4v) is 1.98. The maximum atomic E-state index is 13.3. The number of alkyl halides is 3. The highest BCUT2D eigenvalue weighted by molar-refractivity contribution is 5.45. The Morgan fingerprint density at radius 1 is 0.952 bits per heavy atom. The molecule has 2 aromatic rings. The molecule has 0 radical (unpaired) electrons. The second-order valence-electron chi connectivity index (χ2n) is 4.75. The maximum absolute atomic E-state index is 13.3. The lowest BCUT2D eigenvalue weighted by atomic mass is 10.1. The Hall–Kier alpha value is -2.04. The minimum absolute atomic E-state index is 0.131. The molecule has 0 aliphatic carbocycles. The molecule has 1 N–H and O–H groups in total. The molecule has 0 spiro atoms. The molecule has 0 bridgehead atoms. The summed E-state index contributed by atoms with van der Waals surface area (Å²) in [5.74, 6) is -0.886. The van der Waals surface area contributed by atoms with E-state index in [1.807, 2.05) is 31.2 Å². The van der Waals surface area contributed by atoms with Gasteiger partial charge in [0.15, 0.2) is 0 Å². The third kappa shape index (κ3) is 4.21. The van der Waals surface area contributed by atoms with E-state index in [1.54, 1.807) is 0 Å². The largest absolute Gasteiger partial charge is 0.416 e. The Balaban J connectivity index is 2.10. The van der Waals surface area contributed by atoms with E-state index in [9.17, 15) is 17.6 Å². The van der Waals surface area contributed by atoms with Crippen LogP contribution in [0.5, 0.6) is 0 Å². The van der Waals surface area contributed by atoms with Gasteiger partial charge in [-0.25, -0.2) is 4.39 Å². The van der Waals surface area contributed by atoms with Crippen molar-refractivity contribution in [3.05, 3.63) is 65.0 Å². The van der Waals surface area contributed by atoms with Gasteiger partial charge in [0.25, 0.3) is 0 Å². The minimum Gasteiger partial charge on any atom is -0.381 e. The van der Waals surface area contributed by atoms with Crippen LogP contribution in [-0.4, -0.2) is 0 Å². The molecule has 0 heterocycles.